The van der Waals surface area contributed by atoms with Gasteiger partial charge in [-0.1, -0.05) is 76.3 Å². The van der Waals surface area contributed by atoms with Crippen molar-refractivity contribution in [2.75, 3.05) is 26.2 Å². The number of pyridine rings is 1. The van der Waals surface area contributed by atoms with Crippen molar-refractivity contribution in [1.29, 1.82) is 0 Å². The third kappa shape index (κ3) is 10.6. The van der Waals surface area contributed by atoms with E-state index in [9.17, 15) is 9.59 Å². The summed E-state index contributed by atoms with van der Waals surface area (Å²) in [6, 6.07) is 6.61. The van der Waals surface area contributed by atoms with Gasteiger partial charge >= 0.3 is 12.1 Å². The molecule has 43 heavy (non-hydrogen) atoms. The van der Waals surface area contributed by atoms with Crippen LogP contribution < -0.4 is 0 Å². The first-order valence-electron chi connectivity index (χ1n) is 16.7. The van der Waals surface area contributed by atoms with Gasteiger partial charge in [0.05, 0.1) is 0 Å². The molecule has 1 saturated carbocycles. The number of hydrogen-bond donors (Lipinski definition) is 0. The summed E-state index contributed by atoms with van der Waals surface area (Å²) < 4.78 is 12.1. The lowest BCUT2D eigenvalue weighted by Gasteiger charge is -2.39. The second-order valence-corrected chi connectivity index (χ2v) is 12.7. The van der Waals surface area contributed by atoms with Crippen LogP contribution in [0, 0.1) is 5.92 Å². The second-order valence-electron chi connectivity index (χ2n) is 12.7. The lowest BCUT2D eigenvalue weighted by Crippen LogP contribution is -2.52. The minimum Gasteiger partial charge on any atom is -0.457 e. The van der Waals surface area contributed by atoms with E-state index in [1.54, 1.807) is 0 Å². The van der Waals surface area contributed by atoms with Crippen LogP contribution in [0.3, 0.4) is 0 Å². The third-order valence-electron chi connectivity index (χ3n) is 9.26. The van der Waals surface area contributed by atoms with Gasteiger partial charge in [-0.2, -0.15) is 0 Å². The van der Waals surface area contributed by atoms with Crippen LogP contribution >= 0.6 is 0 Å². The Morgan fingerprint density at radius 2 is 1.72 bits per heavy atom. The average molecular weight is 592 g/mol. The fraction of sp³-hybridized carbons (Fsp3) is 0.639. The minimum absolute atomic E-state index is 0.0643. The predicted molar refractivity (Wildman–Crippen MR) is 172 cm³/mol. The maximum atomic E-state index is 13.2. The number of amides is 1. The number of hydrogen-bond acceptors (Lipinski definition) is 6. The third-order valence-corrected chi connectivity index (χ3v) is 9.26. The van der Waals surface area contributed by atoms with Crippen molar-refractivity contribution in [3.8, 4) is 0 Å². The number of ether oxygens (including phenoxy) is 2. The van der Waals surface area contributed by atoms with Crippen LogP contribution in [0.4, 0.5) is 4.79 Å². The number of carbonyl (C=O) groups excluding carboxylic acids is 2. The smallest absolute Gasteiger partial charge is 0.410 e. The molecule has 2 aliphatic heterocycles. The largest absolute Gasteiger partial charge is 0.457 e. The van der Waals surface area contributed by atoms with E-state index in [1.165, 1.54) is 38.5 Å². The molecule has 0 bridgehead atoms. The molecule has 7 nitrogen and oxygen atoms in total. The molecular formula is C36H53N3O4. The molecule has 2 fully saturated rings. The average Bonchev–Trinajstić information content (AvgIpc) is 3.31. The maximum absolute atomic E-state index is 13.2. The van der Waals surface area contributed by atoms with E-state index < -0.39 is 0 Å². The van der Waals surface area contributed by atoms with Gasteiger partial charge in [-0.15, -0.1) is 0 Å². The summed E-state index contributed by atoms with van der Waals surface area (Å²) in [5.74, 6) is -0.0439. The highest BCUT2D eigenvalue weighted by Gasteiger charge is 2.29. The zero-order valence-electron chi connectivity index (χ0n) is 26.7. The van der Waals surface area contributed by atoms with Gasteiger partial charge in [0.1, 0.15) is 12.2 Å². The van der Waals surface area contributed by atoms with Gasteiger partial charge in [0.2, 0.25) is 0 Å². The molecule has 0 unspecified atom stereocenters. The van der Waals surface area contributed by atoms with E-state index in [0.29, 0.717) is 12.5 Å². The maximum Gasteiger partial charge on any atom is 0.410 e. The highest BCUT2D eigenvalue weighted by atomic mass is 16.6. The van der Waals surface area contributed by atoms with E-state index in [0.717, 1.165) is 63.1 Å². The van der Waals surface area contributed by atoms with E-state index in [4.69, 9.17) is 9.47 Å². The van der Waals surface area contributed by atoms with E-state index in [1.807, 2.05) is 54.4 Å². The van der Waals surface area contributed by atoms with Crippen LogP contribution in [-0.4, -0.2) is 71.3 Å². The van der Waals surface area contributed by atoms with Crippen LogP contribution in [0.2, 0.25) is 0 Å². The van der Waals surface area contributed by atoms with Crippen molar-refractivity contribution in [3.05, 3.63) is 66.0 Å². The molecule has 3 aliphatic rings. The topological polar surface area (TPSA) is 72.0 Å². The van der Waals surface area contributed by atoms with Crippen molar-refractivity contribution in [1.82, 2.24) is 14.8 Å². The molecule has 1 saturated heterocycles. The predicted octanol–water partition coefficient (Wildman–Crippen LogP) is 7.60. The Morgan fingerprint density at radius 3 is 2.44 bits per heavy atom. The molecule has 0 N–H and O–H groups in total. The summed E-state index contributed by atoms with van der Waals surface area (Å²) >= 11 is 0. The number of nitrogens with zero attached hydrogens (tertiary/aromatic N) is 3. The monoisotopic (exact) mass is 591 g/mol. The quantitative estimate of drug-likeness (QED) is 0.147. The highest BCUT2D eigenvalue weighted by molar-refractivity contribution is 5.70. The van der Waals surface area contributed by atoms with Gasteiger partial charge in [0, 0.05) is 62.4 Å². The Hall–Kier alpha value is -2.93. The van der Waals surface area contributed by atoms with Crippen molar-refractivity contribution < 1.29 is 19.1 Å². The van der Waals surface area contributed by atoms with Crippen molar-refractivity contribution in [3.63, 3.8) is 0 Å². The summed E-state index contributed by atoms with van der Waals surface area (Å²) in [6.07, 6.45) is 22.9. The molecule has 1 aromatic heterocycles. The molecule has 0 radical (unpaired) electrons. The SMILES string of the molecule is C/C(=C\C=C\[C@H](C)c1ccccn1)[C@H]1OC(=O)CCCCC[C@@H](OC(=O)N2CCN(C3CCCCCC3)CC2)/C=C/[C@@H]1C. The standard InChI is InChI=1S/C36H53N3O4/c1-28(33-19-11-12-23-37-33)14-13-15-29(2)35-30(3)21-22-32(18-9-6-10-20-34(40)43-35)42-36(41)39-26-24-38(25-27-39)31-16-7-4-5-8-17-31/h11-15,19,21-23,28,30-32,35H,4-10,16-18,20,24-27H2,1-3H3/b14-13+,22-21+,29-15+/t28-,30-,32+,35+/m0/s1. The summed E-state index contributed by atoms with van der Waals surface area (Å²) in [5, 5.41) is 0. The van der Waals surface area contributed by atoms with E-state index in [2.05, 4.69) is 35.9 Å². The summed E-state index contributed by atoms with van der Waals surface area (Å²) in [6.45, 7) is 9.52. The van der Waals surface area contributed by atoms with E-state index >= 15 is 0 Å². The van der Waals surface area contributed by atoms with Crippen molar-refractivity contribution in [2.24, 2.45) is 5.92 Å². The van der Waals surface area contributed by atoms with Gasteiger partial charge in [-0.05, 0) is 62.8 Å². The Kier molecular flexibility index (Phi) is 13.3. The van der Waals surface area contributed by atoms with Gasteiger partial charge in [0.15, 0.2) is 0 Å². The summed E-state index contributed by atoms with van der Waals surface area (Å²) in [4.78, 5) is 34.8. The molecular weight excluding hydrogens is 538 g/mol. The lowest BCUT2D eigenvalue weighted by molar-refractivity contribution is -0.148. The first kappa shape index (κ1) is 33.0. The zero-order valence-corrected chi connectivity index (χ0v) is 26.7. The number of cyclic esters (lactones) is 1. The Bertz CT molecular complexity index is 1080. The molecule has 1 aromatic rings. The summed E-state index contributed by atoms with van der Waals surface area (Å²) in [5.41, 5.74) is 1.99. The molecule has 1 amide bonds. The fourth-order valence-electron chi connectivity index (χ4n) is 6.51. The number of aromatic nitrogens is 1. The Labute approximate surface area is 259 Å². The molecule has 1 aliphatic carbocycles. The number of esters is 1. The molecule has 3 heterocycles. The number of piperazine rings is 1. The Balaban J connectivity index is 1.36. The lowest BCUT2D eigenvalue weighted by atomic mass is 9.95. The highest BCUT2D eigenvalue weighted by Crippen LogP contribution is 2.25. The minimum atomic E-state index is -0.383. The Morgan fingerprint density at radius 1 is 1.00 bits per heavy atom. The van der Waals surface area contributed by atoms with Gasteiger partial charge in [0.25, 0.3) is 0 Å². The first-order valence-corrected chi connectivity index (χ1v) is 16.7. The molecule has 236 valence electrons. The molecule has 0 spiro atoms. The number of carbonyl (C=O) groups is 2. The molecule has 0 aromatic carbocycles. The van der Waals surface area contributed by atoms with E-state index in [-0.39, 0.29) is 36.1 Å². The molecule has 7 heteroatoms. The van der Waals surface area contributed by atoms with Crippen molar-refractivity contribution in [2.45, 2.75) is 116 Å². The number of rotatable bonds is 6. The molecule has 4 rings (SSSR count). The van der Waals surface area contributed by atoms with Gasteiger partial charge in [-0.25, -0.2) is 4.79 Å². The normalized spacial score (nSPS) is 27.4. The molecule has 4 atom stereocenters. The number of allylic oxidation sites excluding steroid dienone is 3. The van der Waals surface area contributed by atoms with Gasteiger partial charge in [-0.3, -0.25) is 14.7 Å². The van der Waals surface area contributed by atoms with Crippen LogP contribution in [0.25, 0.3) is 0 Å². The second kappa shape index (κ2) is 17.4. The summed E-state index contributed by atoms with van der Waals surface area (Å²) in [7, 11) is 0. The van der Waals surface area contributed by atoms with Crippen LogP contribution in [0.15, 0.2) is 60.3 Å². The van der Waals surface area contributed by atoms with Crippen LogP contribution in [0.1, 0.15) is 103 Å². The van der Waals surface area contributed by atoms with Crippen LogP contribution in [0.5, 0.6) is 0 Å². The van der Waals surface area contributed by atoms with Crippen LogP contribution in [-0.2, 0) is 14.3 Å². The zero-order chi connectivity index (χ0) is 30.4. The van der Waals surface area contributed by atoms with Gasteiger partial charge < -0.3 is 14.4 Å². The first-order chi connectivity index (χ1) is 20.9. The fourth-order valence-corrected chi connectivity index (χ4v) is 6.51. The van der Waals surface area contributed by atoms with Crippen molar-refractivity contribution >= 4 is 12.1 Å².